The third kappa shape index (κ3) is 2.75. The van der Waals surface area contributed by atoms with Gasteiger partial charge in [0.2, 0.25) is 0 Å². The molecule has 1 aromatic heterocycles. The maximum absolute atomic E-state index is 11.5. The number of rotatable bonds is 2. The molecule has 0 amide bonds. The van der Waals surface area contributed by atoms with E-state index in [2.05, 4.69) is 9.97 Å². The van der Waals surface area contributed by atoms with Crippen molar-refractivity contribution in [2.24, 2.45) is 5.92 Å². The first-order valence-corrected chi connectivity index (χ1v) is 8.72. The lowest BCUT2D eigenvalue weighted by Crippen LogP contribution is -2.28. The van der Waals surface area contributed by atoms with Crippen LogP contribution in [0.5, 0.6) is 0 Å². The first-order chi connectivity index (χ1) is 9.85. The molecule has 1 saturated heterocycles. The van der Waals surface area contributed by atoms with Crippen LogP contribution < -0.4 is 11.1 Å². The highest BCUT2D eigenvalue weighted by atomic mass is 35.5. The van der Waals surface area contributed by atoms with Gasteiger partial charge >= 0.3 is 11.1 Å². The first kappa shape index (κ1) is 14.3. The van der Waals surface area contributed by atoms with Crippen molar-refractivity contribution >= 4 is 32.5 Å². The van der Waals surface area contributed by atoms with Crippen molar-refractivity contribution < 1.29 is 8.42 Å². The summed E-state index contributed by atoms with van der Waals surface area (Å²) in [5, 5.41) is -0.442. The van der Waals surface area contributed by atoms with E-state index < -0.39 is 26.3 Å². The summed E-state index contributed by atoms with van der Waals surface area (Å²) in [6.07, 6.45) is 0.538. The molecular formula is C13H13ClN2O4S. The third-order valence-corrected chi connectivity index (χ3v) is 6.15. The van der Waals surface area contributed by atoms with Crippen molar-refractivity contribution in [3.05, 3.63) is 44.5 Å². The van der Waals surface area contributed by atoms with Gasteiger partial charge in [-0.1, -0.05) is 6.07 Å². The molecule has 6 nitrogen and oxygen atoms in total. The quantitative estimate of drug-likeness (QED) is 0.632. The Bertz CT molecular complexity index is 916. The van der Waals surface area contributed by atoms with Gasteiger partial charge in [-0.05, 0) is 30.0 Å². The molecule has 21 heavy (non-hydrogen) atoms. The fourth-order valence-electron chi connectivity index (χ4n) is 2.63. The van der Waals surface area contributed by atoms with Crippen molar-refractivity contribution in [1.82, 2.24) is 9.97 Å². The van der Waals surface area contributed by atoms with Crippen LogP contribution in [0.25, 0.3) is 11.0 Å². The highest BCUT2D eigenvalue weighted by Gasteiger charge is 2.33. The zero-order valence-electron chi connectivity index (χ0n) is 10.9. The number of fused-ring (bicyclic) bond motifs is 1. The molecule has 0 saturated carbocycles. The van der Waals surface area contributed by atoms with E-state index in [-0.39, 0.29) is 17.4 Å². The van der Waals surface area contributed by atoms with Crippen LogP contribution in [0, 0.1) is 5.92 Å². The molecule has 1 fully saturated rings. The van der Waals surface area contributed by atoms with E-state index in [0.29, 0.717) is 17.5 Å². The fourth-order valence-corrected chi connectivity index (χ4v) is 4.93. The van der Waals surface area contributed by atoms with Crippen molar-refractivity contribution in [2.45, 2.75) is 11.8 Å². The molecule has 112 valence electrons. The van der Waals surface area contributed by atoms with Gasteiger partial charge in [0, 0.05) is 0 Å². The Balaban J connectivity index is 1.99. The molecule has 1 aliphatic rings. The van der Waals surface area contributed by atoms with Crippen LogP contribution in [-0.4, -0.2) is 29.9 Å². The number of halogens is 1. The average Bonchev–Trinajstić information content (AvgIpc) is 2.79. The maximum atomic E-state index is 11.5. The predicted octanol–water partition coefficient (Wildman–Crippen LogP) is 0.931. The van der Waals surface area contributed by atoms with E-state index in [9.17, 15) is 18.0 Å². The molecule has 2 unspecified atom stereocenters. The minimum absolute atomic E-state index is 0.0847. The Kier molecular flexibility index (Phi) is 3.41. The smallest absolute Gasteiger partial charge is 0.314 e. The summed E-state index contributed by atoms with van der Waals surface area (Å²) >= 11 is 6.38. The van der Waals surface area contributed by atoms with Gasteiger partial charge in [0.05, 0.1) is 27.9 Å². The summed E-state index contributed by atoms with van der Waals surface area (Å²) in [5.41, 5.74) is 0.276. The SMILES string of the molecule is O=c1[nH]c2ccc(C(Cl)C3CCS(=O)(=O)C3)cc2[nH]c1=O. The van der Waals surface area contributed by atoms with Gasteiger partial charge < -0.3 is 9.97 Å². The lowest BCUT2D eigenvalue weighted by molar-refractivity contribution is 0.569. The molecule has 3 rings (SSSR count). The lowest BCUT2D eigenvalue weighted by atomic mass is 9.98. The Morgan fingerprint density at radius 3 is 2.43 bits per heavy atom. The molecule has 2 aromatic rings. The van der Waals surface area contributed by atoms with Gasteiger partial charge in [0.25, 0.3) is 0 Å². The molecule has 2 atom stereocenters. The number of benzene rings is 1. The zero-order chi connectivity index (χ0) is 15.2. The van der Waals surface area contributed by atoms with Crippen LogP contribution in [0.15, 0.2) is 27.8 Å². The van der Waals surface area contributed by atoms with Crippen LogP contribution in [0.4, 0.5) is 0 Å². The molecule has 0 bridgehead atoms. The molecule has 1 aliphatic heterocycles. The summed E-state index contributed by atoms with van der Waals surface area (Å²) < 4.78 is 23.1. The fraction of sp³-hybridized carbons (Fsp3) is 0.385. The summed E-state index contributed by atoms with van der Waals surface area (Å²) in [7, 11) is -2.99. The highest BCUT2D eigenvalue weighted by Crippen LogP contribution is 2.36. The number of nitrogens with one attached hydrogen (secondary N) is 2. The topological polar surface area (TPSA) is 99.9 Å². The van der Waals surface area contributed by atoms with E-state index in [1.165, 1.54) is 0 Å². The Hall–Kier alpha value is -1.60. The number of sulfone groups is 1. The third-order valence-electron chi connectivity index (χ3n) is 3.75. The molecule has 0 aliphatic carbocycles. The van der Waals surface area contributed by atoms with Gasteiger partial charge in [-0.15, -0.1) is 11.6 Å². The van der Waals surface area contributed by atoms with Crippen LogP contribution in [0.1, 0.15) is 17.4 Å². The second kappa shape index (κ2) is 4.99. The molecule has 8 heteroatoms. The van der Waals surface area contributed by atoms with Gasteiger partial charge in [0.15, 0.2) is 9.84 Å². The molecular weight excluding hydrogens is 316 g/mol. The van der Waals surface area contributed by atoms with Gasteiger partial charge in [-0.3, -0.25) is 9.59 Å². The monoisotopic (exact) mass is 328 g/mol. The summed E-state index contributed by atoms with van der Waals surface area (Å²) in [6, 6.07) is 5.06. The Morgan fingerprint density at radius 2 is 1.81 bits per heavy atom. The molecule has 2 N–H and O–H groups in total. The summed E-state index contributed by atoms with van der Waals surface area (Å²) in [4.78, 5) is 27.5. The minimum atomic E-state index is -2.99. The highest BCUT2D eigenvalue weighted by molar-refractivity contribution is 7.91. The first-order valence-electron chi connectivity index (χ1n) is 6.46. The van der Waals surface area contributed by atoms with Crippen molar-refractivity contribution in [2.75, 3.05) is 11.5 Å². The second-order valence-electron chi connectivity index (χ2n) is 5.28. The van der Waals surface area contributed by atoms with Crippen molar-refractivity contribution in [3.63, 3.8) is 0 Å². The van der Waals surface area contributed by atoms with Gasteiger partial charge in [-0.2, -0.15) is 0 Å². The zero-order valence-corrected chi connectivity index (χ0v) is 12.5. The number of hydrogen-bond donors (Lipinski definition) is 2. The predicted molar refractivity (Wildman–Crippen MR) is 80.5 cm³/mol. The number of hydrogen-bond acceptors (Lipinski definition) is 4. The summed E-state index contributed by atoms with van der Waals surface area (Å²) in [6.45, 7) is 0. The summed E-state index contributed by atoms with van der Waals surface area (Å²) in [5.74, 6) is 0.114. The van der Waals surface area contributed by atoms with E-state index >= 15 is 0 Å². The largest absolute Gasteiger partial charge is 0.316 e. The molecule has 2 heterocycles. The molecule has 0 radical (unpaired) electrons. The van der Waals surface area contributed by atoms with E-state index in [0.717, 1.165) is 5.56 Å². The number of H-pyrrole nitrogens is 2. The number of alkyl halides is 1. The minimum Gasteiger partial charge on any atom is -0.316 e. The van der Waals surface area contributed by atoms with Gasteiger partial charge in [-0.25, -0.2) is 8.42 Å². The molecule has 0 spiro atoms. The lowest BCUT2D eigenvalue weighted by Gasteiger charge is -2.16. The Morgan fingerprint density at radius 1 is 1.14 bits per heavy atom. The van der Waals surface area contributed by atoms with Gasteiger partial charge in [0.1, 0.15) is 0 Å². The second-order valence-corrected chi connectivity index (χ2v) is 7.98. The van der Waals surface area contributed by atoms with Crippen LogP contribution in [-0.2, 0) is 9.84 Å². The maximum Gasteiger partial charge on any atom is 0.314 e. The van der Waals surface area contributed by atoms with Crippen LogP contribution in [0.2, 0.25) is 0 Å². The van der Waals surface area contributed by atoms with E-state index in [1.807, 2.05) is 0 Å². The Labute approximate surface area is 125 Å². The van der Waals surface area contributed by atoms with Crippen molar-refractivity contribution in [1.29, 1.82) is 0 Å². The average molecular weight is 329 g/mol. The number of aromatic nitrogens is 2. The van der Waals surface area contributed by atoms with Crippen LogP contribution >= 0.6 is 11.6 Å². The van der Waals surface area contributed by atoms with E-state index in [4.69, 9.17) is 11.6 Å². The molecule has 1 aromatic carbocycles. The van der Waals surface area contributed by atoms with Crippen LogP contribution in [0.3, 0.4) is 0 Å². The normalized spacial score (nSPS) is 22.4. The van der Waals surface area contributed by atoms with E-state index in [1.54, 1.807) is 18.2 Å². The van der Waals surface area contributed by atoms with Crippen molar-refractivity contribution in [3.8, 4) is 0 Å². The number of aromatic amines is 2. The standard InChI is InChI=1S/C13H13ClN2O4S/c14-11(8-3-4-21(19,20)6-8)7-1-2-9-10(5-7)16-13(18)12(17)15-9/h1-2,5,8,11H,3-4,6H2,(H,15,17)(H,16,18).